The second-order valence-electron chi connectivity index (χ2n) is 8.70. The minimum Gasteiger partial charge on any atom is -0.503 e. The Kier molecular flexibility index (Phi) is 9.37. The highest BCUT2D eigenvalue weighted by Crippen LogP contribution is 2.32. The molecule has 1 aliphatic heterocycles. The summed E-state index contributed by atoms with van der Waals surface area (Å²) in [6.07, 6.45) is 0.532. The second-order valence-corrected chi connectivity index (χ2v) is 10.5. The quantitative estimate of drug-likeness (QED) is 0.0648. The number of oxime groups is 1. The average Bonchev–Trinajstić information content (AvgIpc) is 3.25. The maximum Gasteiger partial charge on any atom is 0.418 e. The number of rotatable bonds is 9. The van der Waals surface area contributed by atoms with Crippen molar-refractivity contribution in [2.45, 2.75) is 52.3 Å². The average molecular weight is 578 g/mol. The number of hydrogen-bond acceptors (Lipinski definition) is 14. The summed E-state index contributed by atoms with van der Waals surface area (Å²) >= 11 is 1.04. The molecule has 38 heavy (non-hydrogen) atoms. The molecule has 210 valence electrons. The van der Waals surface area contributed by atoms with E-state index >= 15 is 0 Å². The van der Waals surface area contributed by atoms with Crippen LogP contribution in [0.1, 0.15) is 52.2 Å². The first-order valence-corrected chi connectivity index (χ1v) is 12.8. The first kappa shape index (κ1) is 30.4. The summed E-state index contributed by atoms with van der Waals surface area (Å²) in [4.78, 5) is 42.4. The van der Waals surface area contributed by atoms with Gasteiger partial charge in [-0.1, -0.05) is 19.0 Å². The highest BCUT2D eigenvalue weighted by molar-refractivity contribution is 7.80. The normalized spacial score (nSPS) is 17.8. The van der Waals surface area contributed by atoms with E-state index in [1.54, 1.807) is 6.92 Å². The molecule has 2 aromatic rings. The maximum atomic E-state index is 11.6. The number of aromatic nitrogens is 3. The third kappa shape index (κ3) is 7.15. The summed E-state index contributed by atoms with van der Waals surface area (Å²) in [7, 11) is -4.74. The van der Waals surface area contributed by atoms with Gasteiger partial charge in [-0.2, -0.15) is 27.6 Å². The van der Waals surface area contributed by atoms with Gasteiger partial charge in [0.2, 0.25) is 11.8 Å². The molecule has 0 saturated carbocycles. The molecule has 2 unspecified atom stereocenters. The third-order valence-corrected chi connectivity index (χ3v) is 5.97. The Bertz CT molecular complexity index is 1370. The Balaban J connectivity index is 0.000000293. The zero-order valence-electron chi connectivity index (χ0n) is 20.8. The molecule has 0 aliphatic carbocycles. The van der Waals surface area contributed by atoms with Gasteiger partial charge in [0.05, 0.1) is 11.7 Å². The van der Waals surface area contributed by atoms with E-state index < -0.39 is 45.2 Å². The lowest BCUT2D eigenvalue weighted by Crippen LogP contribution is -2.75. The number of carbonyl (C=O) groups is 2. The molecule has 6 N–H and O–H groups in total. The van der Waals surface area contributed by atoms with Gasteiger partial charge in [0.1, 0.15) is 17.4 Å². The Labute approximate surface area is 220 Å². The lowest BCUT2D eigenvalue weighted by molar-refractivity contribution is -0.218. The fourth-order valence-corrected chi connectivity index (χ4v) is 4.08. The molecule has 3 heterocycles. The predicted octanol–water partition coefficient (Wildman–Crippen LogP) is -0.181. The number of β-lactam (4-membered cyclic amide) rings is 1. The van der Waals surface area contributed by atoms with E-state index in [4.69, 9.17) is 15.1 Å². The van der Waals surface area contributed by atoms with Gasteiger partial charge in [0.15, 0.2) is 22.8 Å². The molecule has 0 radical (unpaired) electrons. The van der Waals surface area contributed by atoms with Gasteiger partial charge in [-0.15, -0.1) is 4.28 Å². The van der Waals surface area contributed by atoms with Crippen molar-refractivity contribution < 1.29 is 42.0 Å². The lowest BCUT2D eigenvalue weighted by Gasteiger charge is -2.50. The summed E-state index contributed by atoms with van der Waals surface area (Å²) in [5, 5.41) is 26.2. The van der Waals surface area contributed by atoms with Crippen LogP contribution in [-0.4, -0.2) is 72.0 Å². The summed E-state index contributed by atoms with van der Waals surface area (Å²) in [5.74, 6) is -1.06. The molecular formula is C19H27N7O10S2. The fraction of sp³-hybridized carbons (Fsp3) is 0.474. The van der Waals surface area contributed by atoms with Gasteiger partial charge >= 0.3 is 10.4 Å². The fourth-order valence-electron chi connectivity index (χ4n) is 3.14. The number of amides is 2. The van der Waals surface area contributed by atoms with Crippen molar-refractivity contribution in [2.75, 3.05) is 5.73 Å². The van der Waals surface area contributed by atoms with Gasteiger partial charge in [-0.25, -0.2) is 0 Å². The Hall–Kier alpha value is -3.81. The molecule has 0 aromatic carbocycles. The number of aromatic hydroxyl groups is 1. The zero-order chi connectivity index (χ0) is 29.0. The lowest BCUT2D eigenvalue weighted by atomic mass is 9.85. The van der Waals surface area contributed by atoms with Crippen LogP contribution in [0.5, 0.6) is 5.75 Å². The number of hydrogen-bond donors (Lipinski definition) is 5. The van der Waals surface area contributed by atoms with E-state index in [-0.39, 0.29) is 11.6 Å². The van der Waals surface area contributed by atoms with E-state index in [1.807, 2.05) is 13.8 Å². The number of pyridine rings is 1. The largest absolute Gasteiger partial charge is 0.503 e. The van der Waals surface area contributed by atoms with E-state index in [0.29, 0.717) is 32.9 Å². The van der Waals surface area contributed by atoms with Crippen molar-refractivity contribution in [3.63, 3.8) is 0 Å². The van der Waals surface area contributed by atoms with E-state index in [1.165, 1.54) is 13.8 Å². The van der Waals surface area contributed by atoms with Crippen LogP contribution >= 0.6 is 11.5 Å². The number of hydroxylamine groups is 2. The van der Waals surface area contributed by atoms with Crippen molar-refractivity contribution >= 4 is 45.1 Å². The number of carbonyl (C=O) groups excluding carboxylic acids is 2. The Morgan fingerprint density at radius 3 is 2.47 bits per heavy atom. The molecule has 2 amide bonds. The molecule has 1 fully saturated rings. The highest BCUT2D eigenvalue weighted by atomic mass is 32.3. The van der Waals surface area contributed by atoms with Gasteiger partial charge in [0, 0.05) is 17.6 Å². The predicted molar refractivity (Wildman–Crippen MR) is 131 cm³/mol. The van der Waals surface area contributed by atoms with Crippen LogP contribution < -0.4 is 16.5 Å². The molecule has 0 spiro atoms. The van der Waals surface area contributed by atoms with Crippen LogP contribution in [-0.2, 0) is 29.1 Å². The van der Waals surface area contributed by atoms with Gasteiger partial charge in [-0.3, -0.25) is 18.9 Å². The summed E-state index contributed by atoms with van der Waals surface area (Å²) in [5.41, 5.74) is 4.45. The van der Waals surface area contributed by atoms with Crippen LogP contribution in [0.4, 0.5) is 5.13 Å². The van der Waals surface area contributed by atoms with E-state index in [0.717, 1.165) is 23.8 Å². The second kappa shape index (κ2) is 11.7. The van der Waals surface area contributed by atoms with E-state index in [2.05, 4.69) is 24.1 Å². The highest BCUT2D eigenvalue weighted by Gasteiger charge is 2.57. The number of nitrogens with zero attached hydrogens (tertiary/aromatic N) is 5. The molecule has 3 rings (SSSR count). The van der Waals surface area contributed by atoms with Crippen LogP contribution in [0.25, 0.3) is 0 Å². The molecule has 2 aromatic heterocycles. The summed E-state index contributed by atoms with van der Waals surface area (Å²) in [6.45, 7) is 8.28. The molecule has 19 heteroatoms. The van der Waals surface area contributed by atoms with Gasteiger partial charge in [-0.05, 0) is 26.7 Å². The zero-order valence-corrected chi connectivity index (χ0v) is 22.4. The summed E-state index contributed by atoms with van der Waals surface area (Å²) in [6, 6.07) is 0.237. The first-order valence-electron chi connectivity index (χ1n) is 10.6. The molecule has 17 nitrogen and oxygen atoms in total. The molecule has 1 aliphatic rings. The number of nitrogen functional groups attached to an aromatic ring is 1. The van der Waals surface area contributed by atoms with Crippen LogP contribution in [0, 0.1) is 5.92 Å². The first-order chi connectivity index (χ1) is 17.5. The SMILES string of the molecule is C/C(=N\OC(c1cc(=O)c(O)cn1O)C(C)C)c1nsc(N)n1.CC1(C)C(NC=O)C(=O)N1OS(=O)(=O)O. The van der Waals surface area contributed by atoms with Crippen molar-refractivity contribution in [3.05, 3.63) is 34.0 Å². The van der Waals surface area contributed by atoms with Gasteiger partial charge < -0.3 is 26.2 Å². The summed E-state index contributed by atoms with van der Waals surface area (Å²) < 4.78 is 37.8. The van der Waals surface area contributed by atoms with Crippen LogP contribution in [0.2, 0.25) is 0 Å². The third-order valence-electron chi connectivity index (χ3n) is 5.09. The minimum absolute atomic E-state index is 0.109. The monoisotopic (exact) mass is 577 g/mol. The smallest absolute Gasteiger partial charge is 0.418 e. The van der Waals surface area contributed by atoms with Crippen LogP contribution in [0.15, 0.2) is 22.2 Å². The number of anilines is 1. The molecular weight excluding hydrogens is 550 g/mol. The van der Waals surface area contributed by atoms with Crippen molar-refractivity contribution in [2.24, 2.45) is 11.1 Å². The molecule has 2 atom stereocenters. The topological polar surface area (TPSA) is 249 Å². The standard InChI is InChI=1S/C13H17N5O4S.C6H10N2O6S/c1-6(2)11(8-4-9(19)10(20)5-18(8)21)22-16-7(3)12-15-13(14)23-17-12;1-6(2)4(7-3-9)5(10)8(6)14-15(11,12)13/h4-6,11,20-21H,1-3H3,(H2,14,15,17);3-4H,1-2H3,(H,7,9)(H,11,12,13)/b16-7+;. The number of nitrogens with two attached hydrogens (primary N) is 1. The number of nitrogens with one attached hydrogen (secondary N) is 1. The Morgan fingerprint density at radius 1 is 1.37 bits per heavy atom. The van der Waals surface area contributed by atoms with Crippen molar-refractivity contribution in [3.8, 4) is 5.75 Å². The van der Waals surface area contributed by atoms with Crippen LogP contribution in [0.3, 0.4) is 0 Å². The van der Waals surface area contributed by atoms with E-state index in [9.17, 15) is 33.1 Å². The molecule has 0 bridgehead atoms. The molecule has 1 saturated heterocycles. The Morgan fingerprint density at radius 2 is 2.00 bits per heavy atom. The van der Waals surface area contributed by atoms with Crippen molar-refractivity contribution in [1.29, 1.82) is 0 Å². The van der Waals surface area contributed by atoms with Gasteiger partial charge in [0.25, 0.3) is 5.91 Å². The maximum absolute atomic E-state index is 11.6. The van der Waals surface area contributed by atoms with Crippen molar-refractivity contribution in [1.82, 2.24) is 24.5 Å². The minimum atomic E-state index is -4.74.